The van der Waals surface area contributed by atoms with Gasteiger partial charge in [0, 0.05) is 24.8 Å². The lowest BCUT2D eigenvalue weighted by molar-refractivity contribution is 0.0950. The number of ether oxygens (including phenoxy) is 1. The maximum absolute atomic E-state index is 12.2. The largest absolute Gasteiger partial charge is 0.494 e. The first-order valence-corrected chi connectivity index (χ1v) is 8.34. The van der Waals surface area contributed by atoms with E-state index >= 15 is 0 Å². The van der Waals surface area contributed by atoms with Crippen molar-refractivity contribution in [1.29, 1.82) is 0 Å². The summed E-state index contributed by atoms with van der Waals surface area (Å²) in [4.78, 5) is 23.2. The highest BCUT2D eigenvalue weighted by atomic mass is 16.5. The minimum atomic E-state index is -0.145. The monoisotopic (exact) mass is 326 g/mol. The van der Waals surface area contributed by atoms with Crippen LogP contribution in [0.15, 0.2) is 36.5 Å². The number of rotatable bonds is 6. The zero-order valence-corrected chi connectivity index (χ0v) is 13.9. The number of aromatic nitrogens is 2. The molecule has 0 atom stereocenters. The molecule has 0 saturated carbocycles. The normalized spacial score (nSPS) is 13.8. The number of carbonyl (C=O) groups excluding carboxylic acids is 1. The van der Waals surface area contributed by atoms with Gasteiger partial charge in [-0.2, -0.15) is 0 Å². The molecule has 1 aromatic carbocycles. The number of carbonyl (C=O) groups is 1. The van der Waals surface area contributed by atoms with Crippen molar-refractivity contribution in [3.63, 3.8) is 0 Å². The van der Waals surface area contributed by atoms with Crippen LogP contribution in [-0.2, 0) is 6.54 Å². The Morgan fingerprint density at radius 1 is 1.21 bits per heavy atom. The van der Waals surface area contributed by atoms with Gasteiger partial charge in [0.2, 0.25) is 0 Å². The van der Waals surface area contributed by atoms with Crippen LogP contribution in [-0.4, -0.2) is 35.6 Å². The predicted octanol–water partition coefficient (Wildman–Crippen LogP) is 2.41. The fraction of sp³-hybridized carbons (Fsp3) is 0.389. The second kappa shape index (κ2) is 7.77. The second-order valence-electron chi connectivity index (χ2n) is 5.67. The lowest BCUT2D eigenvalue weighted by atomic mass is 10.2. The quantitative estimate of drug-likeness (QED) is 0.883. The summed E-state index contributed by atoms with van der Waals surface area (Å²) in [5, 5.41) is 2.86. The van der Waals surface area contributed by atoms with Gasteiger partial charge in [-0.1, -0.05) is 0 Å². The van der Waals surface area contributed by atoms with Gasteiger partial charge in [0.25, 0.3) is 5.91 Å². The summed E-state index contributed by atoms with van der Waals surface area (Å²) in [6.07, 6.45) is 4.15. The maximum Gasteiger partial charge on any atom is 0.251 e. The SMILES string of the molecule is CCOc1ccc(C(=O)NCc2nccc(N3CCCC3)n2)cc1. The molecule has 0 unspecified atom stereocenters. The Kier molecular flexibility index (Phi) is 5.25. The van der Waals surface area contributed by atoms with Gasteiger partial charge in [-0.15, -0.1) is 0 Å². The van der Waals surface area contributed by atoms with Gasteiger partial charge in [-0.25, -0.2) is 9.97 Å². The Morgan fingerprint density at radius 3 is 2.67 bits per heavy atom. The van der Waals surface area contributed by atoms with Gasteiger partial charge in [-0.3, -0.25) is 4.79 Å². The summed E-state index contributed by atoms with van der Waals surface area (Å²) >= 11 is 0. The second-order valence-corrected chi connectivity index (χ2v) is 5.67. The molecule has 1 fully saturated rings. The first-order valence-electron chi connectivity index (χ1n) is 8.34. The first-order chi connectivity index (χ1) is 11.8. The Balaban J connectivity index is 1.58. The highest BCUT2D eigenvalue weighted by molar-refractivity contribution is 5.94. The molecule has 0 bridgehead atoms. The number of hydrogen-bond acceptors (Lipinski definition) is 5. The van der Waals surface area contributed by atoms with E-state index in [1.54, 1.807) is 30.5 Å². The summed E-state index contributed by atoms with van der Waals surface area (Å²) in [5.74, 6) is 2.18. The van der Waals surface area contributed by atoms with Gasteiger partial charge in [0.1, 0.15) is 17.4 Å². The van der Waals surface area contributed by atoms with Crippen LogP contribution in [0.4, 0.5) is 5.82 Å². The number of hydrogen-bond donors (Lipinski definition) is 1. The van der Waals surface area contributed by atoms with Crippen LogP contribution < -0.4 is 15.0 Å². The van der Waals surface area contributed by atoms with Crippen molar-refractivity contribution in [1.82, 2.24) is 15.3 Å². The molecular formula is C18H22N4O2. The van der Waals surface area contributed by atoms with Crippen molar-refractivity contribution in [3.05, 3.63) is 47.9 Å². The number of anilines is 1. The molecule has 1 aliphatic rings. The van der Waals surface area contributed by atoms with E-state index < -0.39 is 0 Å². The van der Waals surface area contributed by atoms with Crippen molar-refractivity contribution >= 4 is 11.7 Å². The van der Waals surface area contributed by atoms with Crippen LogP contribution in [0.25, 0.3) is 0 Å². The fourth-order valence-electron chi connectivity index (χ4n) is 2.73. The molecule has 2 heterocycles. The summed E-state index contributed by atoms with van der Waals surface area (Å²) < 4.78 is 5.38. The molecule has 3 rings (SSSR count). The highest BCUT2D eigenvalue weighted by Crippen LogP contribution is 2.17. The Morgan fingerprint density at radius 2 is 1.96 bits per heavy atom. The molecule has 1 N–H and O–H groups in total. The van der Waals surface area contributed by atoms with Crippen molar-refractivity contribution in [2.45, 2.75) is 26.3 Å². The zero-order valence-electron chi connectivity index (χ0n) is 13.9. The van der Waals surface area contributed by atoms with E-state index in [-0.39, 0.29) is 5.91 Å². The van der Waals surface area contributed by atoms with Crippen molar-refractivity contribution in [2.24, 2.45) is 0 Å². The Labute approximate surface area is 141 Å². The van der Waals surface area contributed by atoms with E-state index in [1.165, 1.54) is 12.8 Å². The van der Waals surface area contributed by atoms with Gasteiger partial charge in [-0.05, 0) is 50.1 Å². The van der Waals surface area contributed by atoms with Gasteiger partial charge in [0.15, 0.2) is 0 Å². The predicted molar refractivity (Wildman–Crippen MR) is 92.3 cm³/mol. The first kappa shape index (κ1) is 16.2. The smallest absolute Gasteiger partial charge is 0.251 e. The molecule has 0 aliphatic carbocycles. The zero-order chi connectivity index (χ0) is 16.8. The lowest BCUT2D eigenvalue weighted by Gasteiger charge is -2.16. The van der Waals surface area contributed by atoms with Crippen molar-refractivity contribution < 1.29 is 9.53 Å². The minimum Gasteiger partial charge on any atom is -0.494 e. The Hall–Kier alpha value is -2.63. The molecule has 1 aromatic heterocycles. The Bertz CT molecular complexity index is 682. The van der Waals surface area contributed by atoms with E-state index in [0.29, 0.717) is 24.5 Å². The average molecular weight is 326 g/mol. The molecule has 0 radical (unpaired) electrons. The summed E-state index contributed by atoms with van der Waals surface area (Å²) in [5.41, 5.74) is 0.592. The summed E-state index contributed by atoms with van der Waals surface area (Å²) in [6, 6.07) is 9.01. The number of nitrogens with zero attached hydrogens (tertiary/aromatic N) is 3. The van der Waals surface area contributed by atoms with Crippen LogP contribution in [0.1, 0.15) is 35.9 Å². The topological polar surface area (TPSA) is 67.3 Å². The average Bonchev–Trinajstić information content (AvgIpc) is 3.16. The van der Waals surface area contributed by atoms with Gasteiger partial charge in [0.05, 0.1) is 13.2 Å². The summed E-state index contributed by atoms with van der Waals surface area (Å²) in [7, 11) is 0. The molecule has 24 heavy (non-hydrogen) atoms. The van der Waals surface area contributed by atoms with Crippen molar-refractivity contribution in [2.75, 3.05) is 24.6 Å². The van der Waals surface area contributed by atoms with Crippen molar-refractivity contribution in [3.8, 4) is 5.75 Å². The van der Waals surface area contributed by atoms with E-state index in [4.69, 9.17) is 4.74 Å². The maximum atomic E-state index is 12.2. The minimum absolute atomic E-state index is 0.145. The van der Waals surface area contributed by atoms with Crippen LogP contribution >= 0.6 is 0 Å². The molecule has 0 spiro atoms. The third-order valence-electron chi connectivity index (χ3n) is 3.96. The van der Waals surface area contributed by atoms with E-state index in [9.17, 15) is 4.79 Å². The van der Waals surface area contributed by atoms with E-state index in [0.717, 1.165) is 24.7 Å². The van der Waals surface area contributed by atoms with E-state index in [2.05, 4.69) is 20.2 Å². The van der Waals surface area contributed by atoms with Gasteiger partial charge < -0.3 is 15.0 Å². The van der Waals surface area contributed by atoms with Gasteiger partial charge >= 0.3 is 0 Å². The molecular weight excluding hydrogens is 304 g/mol. The third-order valence-corrected chi connectivity index (χ3v) is 3.96. The molecule has 2 aromatic rings. The van der Waals surface area contributed by atoms with Crippen LogP contribution in [0.3, 0.4) is 0 Å². The highest BCUT2D eigenvalue weighted by Gasteiger charge is 2.14. The fourth-order valence-corrected chi connectivity index (χ4v) is 2.73. The lowest BCUT2D eigenvalue weighted by Crippen LogP contribution is -2.25. The molecule has 126 valence electrons. The standard InChI is InChI=1S/C18H22N4O2/c1-2-24-15-7-5-14(6-8-15)18(23)20-13-16-19-10-9-17(21-16)22-11-3-4-12-22/h5-10H,2-4,11-13H2,1H3,(H,20,23). The van der Waals surface area contributed by atoms with Crippen LogP contribution in [0.5, 0.6) is 5.75 Å². The van der Waals surface area contributed by atoms with Crippen LogP contribution in [0, 0.1) is 0 Å². The third kappa shape index (κ3) is 4.01. The molecule has 6 nitrogen and oxygen atoms in total. The molecule has 1 saturated heterocycles. The van der Waals surface area contributed by atoms with E-state index in [1.807, 2.05) is 13.0 Å². The summed E-state index contributed by atoms with van der Waals surface area (Å²) in [6.45, 7) is 4.92. The molecule has 1 aliphatic heterocycles. The van der Waals surface area contributed by atoms with Crippen LogP contribution in [0.2, 0.25) is 0 Å². The number of amides is 1. The number of nitrogens with one attached hydrogen (secondary N) is 1. The molecule has 1 amide bonds. The molecule has 6 heteroatoms. The number of benzene rings is 1.